The third kappa shape index (κ3) is 2.50. The van der Waals surface area contributed by atoms with Crippen molar-refractivity contribution in [1.29, 1.82) is 0 Å². The van der Waals surface area contributed by atoms with Gasteiger partial charge in [-0.05, 0) is 30.7 Å². The fourth-order valence-corrected chi connectivity index (χ4v) is 2.24. The van der Waals surface area contributed by atoms with Crippen LogP contribution in [0.25, 0.3) is 10.9 Å². The molecule has 102 valence electrons. The molecule has 0 radical (unpaired) electrons. The first-order valence-electron chi connectivity index (χ1n) is 6.94. The van der Waals surface area contributed by atoms with Crippen LogP contribution in [0.3, 0.4) is 0 Å². The predicted octanol–water partition coefficient (Wildman–Crippen LogP) is 4.66. The number of hydrogen-bond donors (Lipinski definition) is 0. The Morgan fingerprint density at radius 2 is 1.50 bits per heavy atom. The van der Waals surface area contributed by atoms with Crippen molar-refractivity contribution >= 4 is 16.8 Å². The molecule has 3 rings (SSSR count). The van der Waals surface area contributed by atoms with E-state index < -0.39 is 0 Å². The number of aryl methyl sites for hydroxylation is 1. The number of fused-ring (bicyclic) bond motifs is 1. The molecule has 0 bridgehead atoms. The quantitative estimate of drug-likeness (QED) is 0.627. The molecule has 0 aliphatic rings. The van der Waals surface area contributed by atoms with Gasteiger partial charge in [-0.25, -0.2) is 0 Å². The van der Waals surface area contributed by atoms with Gasteiger partial charge in [0, 0.05) is 17.1 Å². The van der Waals surface area contributed by atoms with E-state index in [-0.39, 0.29) is 5.91 Å². The van der Waals surface area contributed by atoms with Crippen molar-refractivity contribution in [3.63, 3.8) is 0 Å². The molecule has 0 aliphatic carbocycles. The van der Waals surface area contributed by atoms with E-state index in [1.807, 2.05) is 81.6 Å². The minimum Gasteiger partial charge on any atom is -0.283 e. The lowest BCUT2D eigenvalue weighted by molar-refractivity contribution is 0.0965. The minimum absolute atomic E-state index is 0.0138. The number of rotatable bonds is 1. The molecule has 0 amide bonds. The Bertz CT molecular complexity index is 711. The van der Waals surface area contributed by atoms with Crippen LogP contribution in [0.1, 0.15) is 29.8 Å². The van der Waals surface area contributed by atoms with E-state index in [1.54, 1.807) is 4.57 Å². The second-order valence-electron chi connectivity index (χ2n) is 4.37. The highest BCUT2D eigenvalue weighted by atomic mass is 16.2. The van der Waals surface area contributed by atoms with Crippen LogP contribution >= 0.6 is 0 Å². The third-order valence-electron chi connectivity index (χ3n) is 3.15. The molecule has 2 aromatic carbocycles. The Balaban J connectivity index is 0.000000704. The fraction of sp³-hybridized carbons (Fsp3) is 0.167. The summed E-state index contributed by atoms with van der Waals surface area (Å²) in [4.78, 5) is 12.4. The van der Waals surface area contributed by atoms with Gasteiger partial charge < -0.3 is 0 Å². The van der Waals surface area contributed by atoms with Crippen LogP contribution in [0.2, 0.25) is 0 Å². The molecule has 20 heavy (non-hydrogen) atoms. The highest BCUT2D eigenvalue weighted by Crippen LogP contribution is 2.21. The molecule has 2 nitrogen and oxygen atoms in total. The number of nitrogens with zero attached hydrogens (tertiary/aromatic N) is 1. The zero-order chi connectivity index (χ0) is 14.5. The second-order valence-corrected chi connectivity index (χ2v) is 4.37. The monoisotopic (exact) mass is 265 g/mol. The van der Waals surface area contributed by atoms with Crippen LogP contribution in [-0.2, 0) is 0 Å². The van der Waals surface area contributed by atoms with Crippen LogP contribution in [0.5, 0.6) is 0 Å². The maximum absolute atomic E-state index is 12.4. The van der Waals surface area contributed by atoms with Crippen LogP contribution in [0.15, 0.2) is 60.8 Å². The van der Waals surface area contributed by atoms with Crippen molar-refractivity contribution in [2.24, 2.45) is 0 Å². The molecule has 0 unspecified atom stereocenters. The molecule has 0 saturated carbocycles. The lowest BCUT2D eigenvalue weighted by Gasteiger charge is -2.03. The summed E-state index contributed by atoms with van der Waals surface area (Å²) in [5.74, 6) is 0.0138. The number of aromatic nitrogens is 1. The maximum Gasteiger partial charge on any atom is 0.262 e. The zero-order valence-corrected chi connectivity index (χ0v) is 12.1. The molecule has 0 spiro atoms. The van der Waals surface area contributed by atoms with Gasteiger partial charge in [0.15, 0.2) is 0 Å². The molecule has 2 heteroatoms. The smallest absolute Gasteiger partial charge is 0.262 e. The van der Waals surface area contributed by atoms with E-state index in [0.717, 1.165) is 16.5 Å². The summed E-state index contributed by atoms with van der Waals surface area (Å²) < 4.78 is 1.72. The van der Waals surface area contributed by atoms with Gasteiger partial charge in [-0.1, -0.05) is 50.2 Å². The zero-order valence-electron chi connectivity index (χ0n) is 12.1. The molecular weight excluding hydrogens is 246 g/mol. The molecule has 1 heterocycles. The molecule has 0 fully saturated rings. The lowest BCUT2D eigenvalue weighted by Crippen LogP contribution is -2.10. The maximum atomic E-state index is 12.4. The summed E-state index contributed by atoms with van der Waals surface area (Å²) >= 11 is 0. The van der Waals surface area contributed by atoms with Crippen LogP contribution in [-0.4, -0.2) is 10.5 Å². The summed E-state index contributed by atoms with van der Waals surface area (Å²) in [6, 6.07) is 17.3. The number of carbonyl (C=O) groups is 1. The van der Waals surface area contributed by atoms with E-state index >= 15 is 0 Å². The summed E-state index contributed by atoms with van der Waals surface area (Å²) in [7, 11) is 0. The molecule has 0 saturated heterocycles. The van der Waals surface area contributed by atoms with Gasteiger partial charge in [0.2, 0.25) is 0 Å². The first-order valence-corrected chi connectivity index (χ1v) is 6.94. The van der Waals surface area contributed by atoms with Gasteiger partial charge in [-0.15, -0.1) is 0 Å². The van der Waals surface area contributed by atoms with Gasteiger partial charge in [-0.2, -0.15) is 0 Å². The van der Waals surface area contributed by atoms with E-state index in [2.05, 4.69) is 0 Å². The SMILES string of the molecule is CC.Cc1cn(C(=O)c2ccccc2)c2ccccc12. The highest BCUT2D eigenvalue weighted by molar-refractivity contribution is 6.02. The van der Waals surface area contributed by atoms with Crippen molar-refractivity contribution in [1.82, 2.24) is 4.57 Å². The molecule has 3 aromatic rings. The normalized spacial score (nSPS) is 9.95. The average Bonchev–Trinajstić information content (AvgIpc) is 2.87. The largest absolute Gasteiger partial charge is 0.283 e. The fourth-order valence-electron chi connectivity index (χ4n) is 2.24. The molecule has 0 aliphatic heterocycles. The standard InChI is InChI=1S/C16H13NO.C2H6/c1-12-11-17(15-10-6-5-9-14(12)15)16(18)13-7-3-2-4-8-13;1-2/h2-11H,1H3;1-2H3. The predicted molar refractivity (Wildman–Crippen MR) is 84.2 cm³/mol. The van der Waals surface area contributed by atoms with Crippen LogP contribution in [0, 0.1) is 6.92 Å². The third-order valence-corrected chi connectivity index (χ3v) is 3.15. The van der Waals surface area contributed by atoms with Gasteiger partial charge in [-0.3, -0.25) is 9.36 Å². The number of hydrogen-bond acceptors (Lipinski definition) is 1. The van der Waals surface area contributed by atoms with Gasteiger partial charge in [0.05, 0.1) is 5.52 Å². The lowest BCUT2D eigenvalue weighted by atomic mass is 10.2. The van der Waals surface area contributed by atoms with E-state index in [1.165, 1.54) is 0 Å². The topological polar surface area (TPSA) is 22.0 Å². The minimum atomic E-state index is 0.0138. The van der Waals surface area contributed by atoms with E-state index in [9.17, 15) is 4.79 Å². The molecule has 0 atom stereocenters. The van der Waals surface area contributed by atoms with Crippen LogP contribution in [0.4, 0.5) is 0 Å². The number of para-hydroxylation sites is 1. The summed E-state index contributed by atoms with van der Waals surface area (Å²) in [5, 5.41) is 1.13. The average molecular weight is 265 g/mol. The summed E-state index contributed by atoms with van der Waals surface area (Å²) in [5.41, 5.74) is 2.79. The Labute approximate surface area is 119 Å². The molecule has 1 aromatic heterocycles. The van der Waals surface area contributed by atoms with Crippen molar-refractivity contribution in [2.45, 2.75) is 20.8 Å². The summed E-state index contributed by atoms with van der Waals surface area (Å²) in [6.45, 7) is 6.02. The Morgan fingerprint density at radius 1 is 0.900 bits per heavy atom. The molecule has 0 N–H and O–H groups in total. The Hall–Kier alpha value is -2.35. The summed E-state index contributed by atoms with van der Waals surface area (Å²) in [6.07, 6.45) is 1.90. The number of benzene rings is 2. The van der Waals surface area contributed by atoms with E-state index in [4.69, 9.17) is 0 Å². The first kappa shape index (κ1) is 14.1. The van der Waals surface area contributed by atoms with Gasteiger partial charge in [0.1, 0.15) is 0 Å². The van der Waals surface area contributed by atoms with E-state index in [0.29, 0.717) is 5.56 Å². The van der Waals surface area contributed by atoms with Crippen molar-refractivity contribution in [3.8, 4) is 0 Å². The number of carbonyl (C=O) groups excluding carboxylic acids is 1. The van der Waals surface area contributed by atoms with Crippen molar-refractivity contribution < 1.29 is 4.79 Å². The second kappa shape index (κ2) is 6.20. The molecular formula is C18H19NO. The van der Waals surface area contributed by atoms with Crippen molar-refractivity contribution in [3.05, 3.63) is 71.9 Å². The van der Waals surface area contributed by atoms with Crippen LogP contribution < -0.4 is 0 Å². The Kier molecular flexibility index (Phi) is 4.36. The van der Waals surface area contributed by atoms with Crippen molar-refractivity contribution in [2.75, 3.05) is 0 Å². The van der Waals surface area contributed by atoms with Gasteiger partial charge >= 0.3 is 0 Å². The Morgan fingerprint density at radius 3 is 2.20 bits per heavy atom. The van der Waals surface area contributed by atoms with Gasteiger partial charge in [0.25, 0.3) is 5.91 Å². The first-order chi connectivity index (χ1) is 9.77. The highest BCUT2D eigenvalue weighted by Gasteiger charge is 2.12.